The highest BCUT2D eigenvalue weighted by atomic mass is 32.1. The Bertz CT molecular complexity index is 1040. The Morgan fingerprint density at radius 3 is 2.67 bits per heavy atom. The summed E-state index contributed by atoms with van der Waals surface area (Å²) in [5, 5.41) is 6.77. The second-order valence-electron chi connectivity index (χ2n) is 6.97. The fourth-order valence-electron chi connectivity index (χ4n) is 3.57. The topological polar surface area (TPSA) is 79.6 Å². The zero-order valence-corrected chi connectivity index (χ0v) is 17.5. The van der Waals surface area contributed by atoms with Crippen molar-refractivity contribution in [2.75, 3.05) is 23.9 Å². The van der Waals surface area contributed by atoms with E-state index in [2.05, 4.69) is 15.6 Å². The van der Waals surface area contributed by atoms with Gasteiger partial charge < -0.3 is 24.7 Å². The number of benzene rings is 1. The number of aryl methyl sites for hydroxylation is 1. The predicted octanol–water partition coefficient (Wildman–Crippen LogP) is 3.75. The molecule has 8 heteroatoms. The van der Waals surface area contributed by atoms with Crippen molar-refractivity contribution in [3.8, 4) is 0 Å². The molecule has 1 aliphatic heterocycles. The van der Waals surface area contributed by atoms with Gasteiger partial charge >= 0.3 is 0 Å². The summed E-state index contributed by atoms with van der Waals surface area (Å²) in [4.78, 5) is 18.3. The number of furan rings is 1. The van der Waals surface area contributed by atoms with Gasteiger partial charge in [0.25, 0.3) is 0 Å². The van der Waals surface area contributed by atoms with Gasteiger partial charge in [-0.05, 0) is 67.7 Å². The fourth-order valence-corrected chi connectivity index (χ4v) is 3.91. The summed E-state index contributed by atoms with van der Waals surface area (Å²) in [6, 6.07) is 16.9. The number of hydrogen-bond donors (Lipinski definition) is 2. The van der Waals surface area contributed by atoms with Crippen LogP contribution >= 0.6 is 12.2 Å². The summed E-state index contributed by atoms with van der Waals surface area (Å²) in [6.45, 7) is 1.93. The van der Waals surface area contributed by atoms with Gasteiger partial charge in [-0.15, -0.1) is 0 Å². The Morgan fingerprint density at radius 1 is 1.23 bits per heavy atom. The lowest BCUT2D eigenvalue weighted by Gasteiger charge is -2.26. The van der Waals surface area contributed by atoms with Crippen molar-refractivity contribution in [3.63, 3.8) is 0 Å². The molecule has 0 saturated carbocycles. The Morgan fingerprint density at radius 2 is 2.03 bits per heavy atom. The summed E-state index contributed by atoms with van der Waals surface area (Å²) >= 11 is 5.68. The van der Waals surface area contributed by atoms with Gasteiger partial charge in [-0.25, -0.2) is 0 Å². The Kier molecular flexibility index (Phi) is 5.78. The second kappa shape index (κ2) is 8.64. The molecule has 1 aliphatic rings. The molecule has 1 amide bonds. The highest BCUT2D eigenvalue weighted by Crippen LogP contribution is 2.42. The smallest absolute Gasteiger partial charge is 0.250 e. The van der Waals surface area contributed by atoms with Crippen molar-refractivity contribution in [2.45, 2.75) is 19.0 Å². The Balaban J connectivity index is 1.67. The number of carbonyl (C=O) groups excluding carboxylic acids is 1. The molecule has 2 atom stereocenters. The zero-order valence-electron chi connectivity index (χ0n) is 16.7. The number of methoxy groups -OCH3 is 1. The molecule has 1 fully saturated rings. The minimum Gasteiger partial charge on any atom is -0.464 e. The minimum absolute atomic E-state index is 0.00750. The highest BCUT2D eigenvalue weighted by molar-refractivity contribution is 7.80. The van der Waals surface area contributed by atoms with Crippen molar-refractivity contribution in [1.82, 2.24) is 10.3 Å². The van der Waals surface area contributed by atoms with E-state index in [9.17, 15) is 4.79 Å². The number of anilines is 2. The number of nitrogens with one attached hydrogen (secondary N) is 2. The van der Waals surface area contributed by atoms with Crippen molar-refractivity contribution in [3.05, 3.63) is 78.0 Å². The molecule has 7 nitrogen and oxygen atoms in total. The third-order valence-electron chi connectivity index (χ3n) is 4.86. The summed E-state index contributed by atoms with van der Waals surface area (Å²) < 4.78 is 10.8. The van der Waals surface area contributed by atoms with Crippen molar-refractivity contribution >= 4 is 34.6 Å². The number of ether oxygens (including phenoxy) is 1. The first kappa shape index (κ1) is 20.1. The first-order chi connectivity index (χ1) is 14.6. The molecule has 3 heterocycles. The number of rotatable bonds is 6. The van der Waals surface area contributed by atoms with Crippen LogP contribution in [0.1, 0.15) is 29.3 Å². The molecule has 1 saturated heterocycles. The van der Waals surface area contributed by atoms with Gasteiger partial charge in [0.2, 0.25) is 5.91 Å². The van der Waals surface area contributed by atoms with Crippen LogP contribution in [0.4, 0.5) is 11.4 Å². The molecule has 0 unspecified atom stereocenters. The molecule has 0 aliphatic carbocycles. The first-order valence-corrected chi connectivity index (χ1v) is 9.93. The third kappa shape index (κ3) is 4.05. The van der Waals surface area contributed by atoms with Gasteiger partial charge in [-0.1, -0.05) is 6.07 Å². The number of pyridine rings is 1. The number of nitrogens with zero attached hydrogens (tertiary/aromatic N) is 2. The summed E-state index contributed by atoms with van der Waals surface area (Å²) in [5.74, 6) is 1.43. The van der Waals surface area contributed by atoms with Crippen LogP contribution in [0.15, 0.2) is 65.2 Å². The van der Waals surface area contributed by atoms with Crippen LogP contribution in [0, 0.1) is 6.92 Å². The molecule has 0 spiro atoms. The quantitative estimate of drug-likeness (QED) is 0.586. The standard InChI is InChI=1S/C22H22N4O3S/c1-14-6-11-18(29-14)21-20(17-5-3-4-12-23-17)25-22(30)26(21)16-9-7-15(8-10-16)24-19(27)13-28-2/h3-12,20-21H,13H2,1-2H3,(H,24,27)(H,25,30)/t20-,21-/m0/s1. The van der Waals surface area contributed by atoms with Crippen molar-refractivity contribution in [1.29, 1.82) is 0 Å². The van der Waals surface area contributed by atoms with Crippen LogP contribution in [0.25, 0.3) is 0 Å². The third-order valence-corrected chi connectivity index (χ3v) is 5.17. The Labute approximate surface area is 180 Å². The SMILES string of the molecule is COCC(=O)Nc1ccc(N2C(=S)N[C@@H](c3ccccn3)[C@@H]2c2ccc(C)o2)cc1. The van der Waals surface area contributed by atoms with Crippen LogP contribution in [0.2, 0.25) is 0 Å². The summed E-state index contributed by atoms with van der Waals surface area (Å²) in [5.41, 5.74) is 2.45. The lowest BCUT2D eigenvalue weighted by molar-refractivity contribution is -0.119. The van der Waals surface area contributed by atoms with E-state index in [1.54, 1.807) is 6.20 Å². The van der Waals surface area contributed by atoms with E-state index in [1.807, 2.05) is 66.4 Å². The predicted molar refractivity (Wildman–Crippen MR) is 118 cm³/mol. The van der Waals surface area contributed by atoms with Crippen LogP contribution < -0.4 is 15.5 Å². The molecular weight excluding hydrogens is 400 g/mol. The van der Waals surface area contributed by atoms with Gasteiger partial charge in [0.05, 0.1) is 11.7 Å². The van der Waals surface area contributed by atoms with Gasteiger partial charge in [0, 0.05) is 24.7 Å². The molecule has 0 bridgehead atoms. The van der Waals surface area contributed by atoms with Gasteiger partial charge in [-0.3, -0.25) is 9.78 Å². The van der Waals surface area contributed by atoms with E-state index in [0.717, 1.165) is 22.9 Å². The molecule has 2 aromatic heterocycles. The van der Waals surface area contributed by atoms with E-state index in [-0.39, 0.29) is 24.6 Å². The molecule has 1 aromatic carbocycles. The summed E-state index contributed by atoms with van der Waals surface area (Å²) in [6.07, 6.45) is 1.77. The molecular formula is C22H22N4O3S. The van der Waals surface area contributed by atoms with E-state index < -0.39 is 0 Å². The molecule has 3 aromatic rings. The lowest BCUT2D eigenvalue weighted by atomic mass is 10.0. The summed E-state index contributed by atoms with van der Waals surface area (Å²) in [7, 11) is 1.48. The highest BCUT2D eigenvalue weighted by Gasteiger charge is 2.42. The molecule has 154 valence electrons. The normalized spacial score (nSPS) is 18.3. The maximum absolute atomic E-state index is 11.7. The molecule has 30 heavy (non-hydrogen) atoms. The van der Waals surface area contributed by atoms with Gasteiger partial charge in [0.1, 0.15) is 24.2 Å². The van der Waals surface area contributed by atoms with Crippen LogP contribution in [-0.2, 0) is 9.53 Å². The number of carbonyl (C=O) groups is 1. The van der Waals surface area contributed by atoms with E-state index in [1.165, 1.54) is 7.11 Å². The van der Waals surface area contributed by atoms with Crippen LogP contribution in [0.3, 0.4) is 0 Å². The lowest BCUT2D eigenvalue weighted by Crippen LogP contribution is -2.29. The van der Waals surface area contributed by atoms with Crippen LogP contribution in [-0.4, -0.2) is 29.7 Å². The maximum Gasteiger partial charge on any atom is 0.250 e. The van der Waals surface area contributed by atoms with Crippen molar-refractivity contribution in [2.24, 2.45) is 0 Å². The Hall–Kier alpha value is -3.23. The largest absolute Gasteiger partial charge is 0.464 e. The van der Waals surface area contributed by atoms with Crippen LogP contribution in [0.5, 0.6) is 0 Å². The molecule has 4 rings (SSSR count). The van der Waals surface area contributed by atoms with E-state index >= 15 is 0 Å². The fraction of sp³-hybridized carbons (Fsp3) is 0.227. The zero-order chi connectivity index (χ0) is 21.1. The molecule has 0 radical (unpaired) electrons. The average Bonchev–Trinajstić information content (AvgIpc) is 3.32. The number of aromatic nitrogens is 1. The van der Waals surface area contributed by atoms with E-state index in [4.69, 9.17) is 21.4 Å². The average molecular weight is 423 g/mol. The minimum atomic E-state index is -0.206. The first-order valence-electron chi connectivity index (χ1n) is 9.52. The molecule has 2 N–H and O–H groups in total. The monoisotopic (exact) mass is 422 g/mol. The number of amides is 1. The number of thiocarbonyl (C=S) groups is 1. The van der Waals surface area contributed by atoms with Gasteiger partial charge in [0.15, 0.2) is 5.11 Å². The van der Waals surface area contributed by atoms with E-state index in [0.29, 0.717) is 10.8 Å². The van der Waals surface area contributed by atoms with Crippen molar-refractivity contribution < 1.29 is 13.9 Å². The van der Waals surface area contributed by atoms with Gasteiger partial charge in [-0.2, -0.15) is 0 Å². The maximum atomic E-state index is 11.7. The number of hydrogen-bond acceptors (Lipinski definition) is 5. The second-order valence-corrected chi connectivity index (χ2v) is 7.36.